The van der Waals surface area contributed by atoms with Gasteiger partial charge in [-0.05, 0) is 22.9 Å². The molecule has 1 aromatic rings. The minimum absolute atomic E-state index is 0.305. The Morgan fingerprint density at radius 3 is 3.17 bits per heavy atom. The number of nitrogens with zero attached hydrogens (tertiary/aromatic N) is 3. The summed E-state index contributed by atoms with van der Waals surface area (Å²) in [7, 11) is 0. The summed E-state index contributed by atoms with van der Waals surface area (Å²) in [5.74, 6) is -0.444. The Bertz CT molecular complexity index is 524. The van der Waals surface area contributed by atoms with Crippen molar-refractivity contribution in [2.24, 2.45) is 4.99 Å². The molecular formula is C11H11BrClN3O2. The van der Waals surface area contributed by atoms with Crippen LogP contribution >= 0.6 is 27.5 Å². The van der Waals surface area contributed by atoms with Crippen molar-refractivity contribution < 1.29 is 9.53 Å². The predicted octanol–water partition coefficient (Wildman–Crippen LogP) is 2.92. The van der Waals surface area contributed by atoms with Gasteiger partial charge in [0.2, 0.25) is 0 Å². The van der Waals surface area contributed by atoms with Crippen LogP contribution in [-0.2, 0) is 4.74 Å². The molecule has 1 aromatic heterocycles. The Morgan fingerprint density at radius 2 is 2.50 bits per heavy atom. The van der Waals surface area contributed by atoms with E-state index in [2.05, 4.69) is 26.0 Å². The fourth-order valence-corrected chi connectivity index (χ4v) is 2.22. The summed E-state index contributed by atoms with van der Waals surface area (Å²) in [4.78, 5) is 16.1. The zero-order chi connectivity index (χ0) is 13.1. The van der Waals surface area contributed by atoms with Crippen molar-refractivity contribution in [3.63, 3.8) is 0 Å². The number of carbonyl (C=O) groups excluding carboxylic acids is 1. The average Bonchev–Trinajstić information content (AvgIpc) is 2.72. The van der Waals surface area contributed by atoms with Crippen LogP contribution in [-0.4, -0.2) is 28.6 Å². The molecule has 1 atom stereocenters. The van der Waals surface area contributed by atoms with Crippen LogP contribution in [0.25, 0.3) is 0 Å². The molecule has 0 fully saturated rings. The molecule has 7 heteroatoms. The third kappa shape index (κ3) is 2.64. The zero-order valence-electron chi connectivity index (χ0n) is 9.64. The Hall–Kier alpha value is -1.14. The number of ether oxygens (including phenoxy) is 1. The van der Waals surface area contributed by atoms with Gasteiger partial charge in [0.05, 0.1) is 11.6 Å². The number of esters is 1. The van der Waals surface area contributed by atoms with Crippen LogP contribution < -0.4 is 0 Å². The standard InChI is InChI=1S/C11H11BrClN3O2/c1-2-18-11(17)8-6-9(12)15-16(8)10-7(13)4-3-5-14-10/h4-6,10H,2-3H2,1H3. The van der Waals surface area contributed by atoms with Gasteiger partial charge in [-0.1, -0.05) is 17.7 Å². The average molecular weight is 333 g/mol. The highest BCUT2D eigenvalue weighted by Crippen LogP contribution is 2.28. The quantitative estimate of drug-likeness (QED) is 0.800. The summed E-state index contributed by atoms with van der Waals surface area (Å²) in [6, 6.07) is 1.59. The maximum Gasteiger partial charge on any atom is 0.356 e. The Labute approximate surface area is 118 Å². The first kappa shape index (κ1) is 13.3. The third-order valence-electron chi connectivity index (χ3n) is 2.33. The van der Waals surface area contributed by atoms with Crippen molar-refractivity contribution in [1.82, 2.24) is 9.78 Å². The lowest BCUT2D eigenvalue weighted by Gasteiger charge is -2.17. The number of dihydropyridines is 1. The molecule has 1 aliphatic heterocycles. The number of hydrogen-bond acceptors (Lipinski definition) is 4. The van der Waals surface area contributed by atoms with Gasteiger partial charge in [0.15, 0.2) is 11.9 Å². The van der Waals surface area contributed by atoms with E-state index in [0.717, 1.165) is 0 Å². The number of carbonyl (C=O) groups is 1. The molecule has 1 aliphatic rings. The fraction of sp³-hybridized carbons (Fsp3) is 0.364. The lowest BCUT2D eigenvalue weighted by Crippen LogP contribution is -2.18. The third-order valence-corrected chi connectivity index (χ3v) is 3.07. The van der Waals surface area contributed by atoms with Gasteiger partial charge < -0.3 is 4.74 Å². The van der Waals surface area contributed by atoms with Crippen molar-refractivity contribution in [3.8, 4) is 0 Å². The topological polar surface area (TPSA) is 56.5 Å². The predicted molar refractivity (Wildman–Crippen MR) is 72.0 cm³/mol. The first-order valence-corrected chi connectivity index (χ1v) is 6.60. The summed E-state index contributed by atoms with van der Waals surface area (Å²) >= 11 is 9.33. The highest BCUT2D eigenvalue weighted by molar-refractivity contribution is 9.10. The second-order valence-corrected chi connectivity index (χ2v) is 4.80. The molecule has 0 saturated carbocycles. The van der Waals surface area contributed by atoms with Crippen LogP contribution in [0.1, 0.15) is 30.0 Å². The first-order valence-electron chi connectivity index (χ1n) is 5.43. The van der Waals surface area contributed by atoms with Crippen LogP contribution in [0.5, 0.6) is 0 Å². The number of allylic oxidation sites excluding steroid dienone is 1. The smallest absolute Gasteiger partial charge is 0.356 e. The molecule has 5 nitrogen and oxygen atoms in total. The van der Waals surface area contributed by atoms with E-state index in [4.69, 9.17) is 16.3 Å². The number of rotatable bonds is 3. The van der Waals surface area contributed by atoms with Crippen molar-refractivity contribution >= 4 is 39.7 Å². The van der Waals surface area contributed by atoms with Crippen molar-refractivity contribution in [2.45, 2.75) is 19.5 Å². The van der Waals surface area contributed by atoms with Gasteiger partial charge in [0, 0.05) is 18.7 Å². The monoisotopic (exact) mass is 331 g/mol. The molecule has 0 aliphatic carbocycles. The molecule has 2 heterocycles. The summed E-state index contributed by atoms with van der Waals surface area (Å²) in [5, 5.41) is 4.72. The SMILES string of the molecule is CCOC(=O)c1cc(Br)nn1C1N=CCC=C1Cl. The van der Waals surface area contributed by atoms with E-state index in [1.165, 1.54) is 4.68 Å². The second kappa shape index (κ2) is 5.67. The molecule has 18 heavy (non-hydrogen) atoms. The van der Waals surface area contributed by atoms with Gasteiger partial charge in [-0.3, -0.25) is 4.99 Å². The molecule has 0 radical (unpaired) electrons. The lowest BCUT2D eigenvalue weighted by atomic mass is 10.3. The minimum Gasteiger partial charge on any atom is -0.461 e. The molecule has 1 unspecified atom stereocenters. The Balaban J connectivity index is 2.38. The number of aliphatic imine (C=N–C) groups is 1. The molecule has 2 rings (SSSR count). The normalized spacial score (nSPS) is 18.6. The molecule has 96 valence electrons. The lowest BCUT2D eigenvalue weighted by molar-refractivity contribution is 0.0510. The summed E-state index contributed by atoms with van der Waals surface area (Å²) in [6.45, 7) is 2.05. The van der Waals surface area contributed by atoms with Gasteiger partial charge in [-0.2, -0.15) is 5.10 Å². The highest BCUT2D eigenvalue weighted by atomic mass is 79.9. The van der Waals surface area contributed by atoms with Crippen LogP contribution in [0.4, 0.5) is 0 Å². The molecule has 0 saturated heterocycles. The van der Waals surface area contributed by atoms with Gasteiger partial charge in [0.25, 0.3) is 0 Å². The Kier molecular flexibility index (Phi) is 4.19. The maximum absolute atomic E-state index is 11.8. The zero-order valence-corrected chi connectivity index (χ0v) is 12.0. The van der Waals surface area contributed by atoms with Crippen LogP contribution in [0.2, 0.25) is 0 Å². The van der Waals surface area contributed by atoms with Crippen LogP contribution in [0, 0.1) is 0 Å². The van der Waals surface area contributed by atoms with Crippen LogP contribution in [0.3, 0.4) is 0 Å². The number of hydrogen-bond donors (Lipinski definition) is 0. The molecule has 0 aromatic carbocycles. The molecule has 0 amide bonds. The van der Waals surface area contributed by atoms with Crippen molar-refractivity contribution in [3.05, 3.63) is 27.5 Å². The minimum atomic E-state index is -0.494. The van der Waals surface area contributed by atoms with E-state index in [1.807, 2.05) is 6.08 Å². The van der Waals surface area contributed by atoms with E-state index < -0.39 is 12.1 Å². The first-order chi connectivity index (χ1) is 8.63. The second-order valence-electron chi connectivity index (χ2n) is 3.55. The molecule has 0 spiro atoms. The van der Waals surface area contributed by atoms with E-state index in [0.29, 0.717) is 28.4 Å². The van der Waals surface area contributed by atoms with Crippen molar-refractivity contribution in [2.75, 3.05) is 6.61 Å². The molecular weight excluding hydrogens is 321 g/mol. The van der Waals surface area contributed by atoms with Gasteiger partial charge >= 0.3 is 5.97 Å². The van der Waals surface area contributed by atoms with E-state index in [1.54, 1.807) is 19.2 Å². The molecule has 0 N–H and O–H groups in total. The van der Waals surface area contributed by atoms with E-state index in [-0.39, 0.29) is 0 Å². The fourth-order valence-electron chi connectivity index (χ4n) is 1.59. The summed E-state index contributed by atoms with van der Waals surface area (Å²) in [5.41, 5.74) is 0.319. The Morgan fingerprint density at radius 1 is 1.72 bits per heavy atom. The maximum atomic E-state index is 11.8. The number of halogens is 2. The summed E-state index contributed by atoms with van der Waals surface area (Å²) in [6.07, 6.45) is 3.77. The van der Waals surface area contributed by atoms with Gasteiger partial charge in [0.1, 0.15) is 4.60 Å². The summed E-state index contributed by atoms with van der Waals surface area (Å²) < 4.78 is 6.97. The van der Waals surface area contributed by atoms with E-state index in [9.17, 15) is 4.79 Å². The number of aromatic nitrogens is 2. The van der Waals surface area contributed by atoms with Crippen molar-refractivity contribution in [1.29, 1.82) is 0 Å². The van der Waals surface area contributed by atoms with Gasteiger partial charge in [-0.15, -0.1) is 0 Å². The van der Waals surface area contributed by atoms with Gasteiger partial charge in [-0.25, -0.2) is 9.48 Å². The largest absolute Gasteiger partial charge is 0.461 e. The molecule has 0 bridgehead atoms. The van der Waals surface area contributed by atoms with E-state index >= 15 is 0 Å². The highest BCUT2D eigenvalue weighted by Gasteiger charge is 2.24. The van der Waals surface area contributed by atoms with Crippen LogP contribution in [0.15, 0.2) is 26.8 Å².